The lowest BCUT2D eigenvalue weighted by Gasteiger charge is -2.36. The molecule has 0 aromatic heterocycles. The van der Waals surface area contributed by atoms with E-state index in [0.717, 1.165) is 0 Å². The van der Waals surface area contributed by atoms with Crippen molar-refractivity contribution >= 4 is 17.3 Å². The van der Waals surface area contributed by atoms with Crippen LogP contribution in [0.4, 0.5) is 0 Å². The van der Waals surface area contributed by atoms with Gasteiger partial charge in [-0.15, -0.1) is 0 Å². The zero-order chi connectivity index (χ0) is 19.5. The number of allylic oxidation sites excluding steroid dienone is 1. The molecule has 0 radical (unpaired) electrons. The summed E-state index contributed by atoms with van der Waals surface area (Å²) in [4.78, 5) is 38.1. The monoisotopic (exact) mass is 352 g/mol. The Balaban J connectivity index is 3.39. The average Bonchev–Trinajstić information content (AvgIpc) is 2.50. The van der Waals surface area contributed by atoms with E-state index < -0.39 is 40.5 Å². The molecular formula is C20H32O5. The maximum atomic E-state index is 12.9. The molecule has 1 rings (SSSR count). The number of ketones is 3. The van der Waals surface area contributed by atoms with Crippen LogP contribution in [0.1, 0.15) is 67.2 Å². The number of carbonyl (C=O) groups excluding carboxylic acids is 3. The van der Waals surface area contributed by atoms with Crippen LogP contribution in [0.15, 0.2) is 11.3 Å². The van der Waals surface area contributed by atoms with E-state index in [9.17, 15) is 24.6 Å². The SMILES string of the molecule is CC(C)CC[C@H]1C(=O)C(C(=O)C(C)C)=C(O)[C@](O)(CCC(C)C)C1=O. The lowest BCUT2D eigenvalue weighted by Crippen LogP contribution is -2.53. The van der Waals surface area contributed by atoms with Crippen LogP contribution in [0.2, 0.25) is 0 Å². The third-order valence-corrected chi connectivity index (χ3v) is 4.80. The van der Waals surface area contributed by atoms with Crippen molar-refractivity contribution in [3.63, 3.8) is 0 Å². The second-order valence-electron chi connectivity index (χ2n) is 8.29. The minimum Gasteiger partial charge on any atom is -0.508 e. The molecule has 0 spiro atoms. The van der Waals surface area contributed by atoms with Crippen molar-refractivity contribution in [2.24, 2.45) is 23.7 Å². The fourth-order valence-electron chi connectivity index (χ4n) is 3.05. The molecule has 0 unspecified atom stereocenters. The first-order valence-corrected chi connectivity index (χ1v) is 9.22. The number of hydrogen-bond donors (Lipinski definition) is 2. The summed E-state index contributed by atoms with van der Waals surface area (Å²) in [6, 6.07) is 0. The molecular weight excluding hydrogens is 320 g/mol. The first kappa shape index (κ1) is 21.6. The molecule has 5 heteroatoms. The largest absolute Gasteiger partial charge is 0.508 e. The Bertz CT molecular complexity index is 571. The summed E-state index contributed by atoms with van der Waals surface area (Å²) in [5, 5.41) is 21.5. The predicted octanol–water partition coefficient (Wildman–Crippen LogP) is 3.40. The molecule has 25 heavy (non-hydrogen) atoms. The second-order valence-corrected chi connectivity index (χ2v) is 8.29. The van der Waals surface area contributed by atoms with Crippen LogP contribution in [-0.2, 0) is 14.4 Å². The topological polar surface area (TPSA) is 91.7 Å². The number of hydrogen-bond acceptors (Lipinski definition) is 5. The molecule has 0 amide bonds. The van der Waals surface area contributed by atoms with Crippen LogP contribution in [0.25, 0.3) is 0 Å². The fourth-order valence-corrected chi connectivity index (χ4v) is 3.05. The molecule has 5 nitrogen and oxygen atoms in total. The van der Waals surface area contributed by atoms with E-state index in [4.69, 9.17) is 0 Å². The fraction of sp³-hybridized carbons (Fsp3) is 0.750. The van der Waals surface area contributed by atoms with Crippen LogP contribution in [-0.4, -0.2) is 33.2 Å². The Morgan fingerprint density at radius 2 is 1.56 bits per heavy atom. The van der Waals surface area contributed by atoms with Crippen molar-refractivity contribution in [2.45, 2.75) is 72.8 Å². The standard InChI is InChI=1S/C20H32O5/c1-11(2)7-8-14-17(22)15(16(21)13(5)6)19(24)20(25,18(14)23)10-9-12(3)4/h11-14,24-25H,7-10H2,1-6H3/t14-,20-/m0/s1. The van der Waals surface area contributed by atoms with Gasteiger partial charge in [-0.05, 0) is 37.5 Å². The van der Waals surface area contributed by atoms with Gasteiger partial charge >= 0.3 is 0 Å². The van der Waals surface area contributed by atoms with Crippen LogP contribution in [0, 0.1) is 23.7 Å². The number of aliphatic hydroxyl groups excluding tert-OH is 1. The molecule has 0 saturated heterocycles. The van der Waals surface area contributed by atoms with Crippen molar-refractivity contribution in [3.8, 4) is 0 Å². The zero-order valence-corrected chi connectivity index (χ0v) is 16.3. The molecule has 0 aromatic carbocycles. The summed E-state index contributed by atoms with van der Waals surface area (Å²) in [6.45, 7) is 11.1. The van der Waals surface area contributed by atoms with E-state index >= 15 is 0 Å². The van der Waals surface area contributed by atoms with E-state index in [2.05, 4.69) is 0 Å². The van der Waals surface area contributed by atoms with Crippen molar-refractivity contribution < 1.29 is 24.6 Å². The van der Waals surface area contributed by atoms with Crippen molar-refractivity contribution in [3.05, 3.63) is 11.3 Å². The Kier molecular flexibility index (Phi) is 7.12. The van der Waals surface area contributed by atoms with Crippen LogP contribution in [0.5, 0.6) is 0 Å². The zero-order valence-electron chi connectivity index (χ0n) is 16.3. The van der Waals surface area contributed by atoms with Gasteiger partial charge in [0.15, 0.2) is 23.0 Å². The lowest BCUT2D eigenvalue weighted by molar-refractivity contribution is -0.149. The molecule has 0 saturated carbocycles. The van der Waals surface area contributed by atoms with Gasteiger partial charge in [0, 0.05) is 5.92 Å². The van der Waals surface area contributed by atoms with Crippen molar-refractivity contribution in [2.75, 3.05) is 0 Å². The van der Waals surface area contributed by atoms with E-state index in [1.165, 1.54) is 0 Å². The molecule has 2 N–H and O–H groups in total. The van der Waals surface area contributed by atoms with Crippen LogP contribution in [0.3, 0.4) is 0 Å². The average molecular weight is 352 g/mol. The molecule has 0 aromatic rings. The van der Waals surface area contributed by atoms with Gasteiger partial charge in [-0.1, -0.05) is 41.5 Å². The summed E-state index contributed by atoms with van der Waals surface area (Å²) in [7, 11) is 0. The summed E-state index contributed by atoms with van der Waals surface area (Å²) in [6.07, 6.45) is 1.42. The minimum absolute atomic E-state index is 0.00959. The predicted molar refractivity (Wildman–Crippen MR) is 96.1 cm³/mol. The van der Waals surface area contributed by atoms with Gasteiger partial charge < -0.3 is 10.2 Å². The lowest BCUT2D eigenvalue weighted by atomic mass is 9.69. The van der Waals surface area contributed by atoms with E-state index in [1.807, 2.05) is 27.7 Å². The highest BCUT2D eigenvalue weighted by atomic mass is 16.3. The van der Waals surface area contributed by atoms with Crippen LogP contribution < -0.4 is 0 Å². The Morgan fingerprint density at radius 3 is 2.00 bits per heavy atom. The Labute approximate surface area is 150 Å². The van der Waals surface area contributed by atoms with Crippen LogP contribution >= 0.6 is 0 Å². The molecule has 0 bridgehead atoms. The summed E-state index contributed by atoms with van der Waals surface area (Å²) >= 11 is 0. The first-order chi connectivity index (χ1) is 11.4. The Hall–Kier alpha value is -1.49. The number of carbonyl (C=O) groups is 3. The van der Waals surface area contributed by atoms with Gasteiger partial charge in [-0.25, -0.2) is 0 Å². The van der Waals surface area contributed by atoms with Gasteiger partial charge in [0.1, 0.15) is 11.3 Å². The van der Waals surface area contributed by atoms with Crippen molar-refractivity contribution in [1.82, 2.24) is 0 Å². The van der Waals surface area contributed by atoms with Gasteiger partial charge in [-0.2, -0.15) is 0 Å². The highest BCUT2D eigenvalue weighted by Crippen LogP contribution is 2.38. The third kappa shape index (κ3) is 4.57. The molecule has 0 heterocycles. The summed E-state index contributed by atoms with van der Waals surface area (Å²) < 4.78 is 0. The molecule has 1 aliphatic carbocycles. The van der Waals surface area contributed by atoms with E-state index in [1.54, 1.807) is 13.8 Å². The molecule has 142 valence electrons. The maximum Gasteiger partial charge on any atom is 0.182 e. The third-order valence-electron chi connectivity index (χ3n) is 4.80. The Morgan fingerprint density at radius 1 is 1.04 bits per heavy atom. The van der Waals surface area contributed by atoms with Gasteiger partial charge in [0.2, 0.25) is 0 Å². The highest BCUT2D eigenvalue weighted by molar-refractivity contribution is 6.29. The van der Waals surface area contributed by atoms with Gasteiger partial charge in [0.05, 0.1) is 5.92 Å². The van der Waals surface area contributed by atoms with Crippen molar-refractivity contribution in [1.29, 1.82) is 0 Å². The number of aliphatic hydroxyl groups is 2. The highest BCUT2D eigenvalue weighted by Gasteiger charge is 2.53. The normalized spacial score (nSPS) is 24.8. The quantitative estimate of drug-likeness (QED) is 0.516. The van der Waals surface area contributed by atoms with E-state index in [-0.39, 0.29) is 30.3 Å². The smallest absolute Gasteiger partial charge is 0.182 e. The molecule has 0 aliphatic heterocycles. The summed E-state index contributed by atoms with van der Waals surface area (Å²) in [5.74, 6) is -3.65. The maximum absolute atomic E-state index is 12.9. The first-order valence-electron chi connectivity index (χ1n) is 9.22. The second kappa shape index (κ2) is 8.26. The number of rotatable bonds is 8. The van der Waals surface area contributed by atoms with E-state index in [0.29, 0.717) is 12.8 Å². The number of Topliss-reactive ketones (excluding diaryl/α,β-unsaturated/α-hetero) is 3. The molecule has 2 atom stereocenters. The summed E-state index contributed by atoms with van der Waals surface area (Å²) in [5.41, 5.74) is -2.52. The minimum atomic E-state index is -2.14. The van der Waals surface area contributed by atoms with Gasteiger partial charge in [-0.3, -0.25) is 14.4 Å². The van der Waals surface area contributed by atoms with Gasteiger partial charge in [0.25, 0.3) is 0 Å². The molecule has 1 aliphatic rings. The molecule has 0 fully saturated rings.